The maximum Gasteiger partial charge on any atom is 0.143 e. The third-order valence-corrected chi connectivity index (χ3v) is 4.42. The van der Waals surface area contributed by atoms with Crippen molar-refractivity contribution in [3.8, 4) is 0 Å². The van der Waals surface area contributed by atoms with Gasteiger partial charge in [-0.3, -0.25) is 0 Å². The van der Waals surface area contributed by atoms with E-state index in [1.165, 1.54) is 0 Å². The van der Waals surface area contributed by atoms with Crippen LogP contribution in [0.15, 0.2) is 10.7 Å². The molecule has 1 saturated heterocycles. The van der Waals surface area contributed by atoms with E-state index in [1.807, 2.05) is 6.92 Å². The van der Waals surface area contributed by atoms with Crippen molar-refractivity contribution in [2.24, 2.45) is 0 Å². The number of aliphatic hydroxyl groups excluding tert-OH is 1. The van der Waals surface area contributed by atoms with E-state index in [-0.39, 0.29) is 12.7 Å². The molecule has 19 heavy (non-hydrogen) atoms. The molecule has 0 aromatic carbocycles. The smallest absolute Gasteiger partial charge is 0.143 e. The highest BCUT2D eigenvalue weighted by Crippen LogP contribution is 2.32. The van der Waals surface area contributed by atoms with Crippen molar-refractivity contribution in [3.05, 3.63) is 16.2 Å². The average Bonchev–Trinajstić information content (AvgIpc) is 2.44. The van der Waals surface area contributed by atoms with Crippen molar-refractivity contribution in [2.75, 3.05) is 36.9 Å². The summed E-state index contributed by atoms with van der Waals surface area (Å²) in [5, 5.41) is 8.76. The van der Waals surface area contributed by atoms with Gasteiger partial charge in [0.15, 0.2) is 0 Å². The number of anilines is 2. The van der Waals surface area contributed by atoms with Crippen molar-refractivity contribution in [1.29, 1.82) is 0 Å². The lowest BCUT2D eigenvalue weighted by Gasteiger charge is -2.33. The largest absolute Gasteiger partial charge is 0.397 e. The fourth-order valence-electron chi connectivity index (χ4n) is 2.25. The van der Waals surface area contributed by atoms with E-state index in [0.29, 0.717) is 12.3 Å². The molecule has 3 N–H and O–H groups in total. The number of hydrogen-bond acceptors (Lipinski definition) is 5. The van der Waals surface area contributed by atoms with Crippen LogP contribution in [0, 0.1) is 6.92 Å². The summed E-state index contributed by atoms with van der Waals surface area (Å²) in [5.41, 5.74) is 7.58. The Bertz CT molecular complexity index is 434. The number of nitrogens with two attached hydrogens (primary N) is 1. The van der Waals surface area contributed by atoms with Gasteiger partial charge < -0.3 is 20.5 Å². The Hall–Kier alpha value is -0.850. The van der Waals surface area contributed by atoms with Crippen LogP contribution >= 0.6 is 15.9 Å². The first kappa shape index (κ1) is 14.6. The molecule has 1 aromatic heterocycles. The number of hydrogen-bond donors (Lipinski definition) is 2. The molecule has 1 aliphatic heterocycles. The maximum atomic E-state index is 8.76. The number of aromatic nitrogens is 1. The molecule has 0 saturated carbocycles. The van der Waals surface area contributed by atoms with E-state index in [2.05, 4.69) is 25.8 Å². The second-order valence-corrected chi connectivity index (χ2v) is 5.55. The van der Waals surface area contributed by atoms with E-state index >= 15 is 0 Å². The zero-order chi connectivity index (χ0) is 13.8. The molecule has 0 unspecified atom stereocenters. The minimum atomic E-state index is 0.0878. The van der Waals surface area contributed by atoms with Gasteiger partial charge in [-0.1, -0.05) is 0 Å². The summed E-state index contributed by atoms with van der Waals surface area (Å²) < 4.78 is 6.53. The lowest BCUT2D eigenvalue weighted by molar-refractivity contribution is 0.0158. The SMILES string of the molecule is Cc1c(N)cnc(N2CCC(OCCO)CC2)c1Br. The molecule has 2 heterocycles. The summed E-state index contributed by atoms with van der Waals surface area (Å²) in [4.78, 5) is 6.67. The van der Waals surface area contributed by atoms with Crippen LogP contribution in [-0.4, -0.2) is 42.5 Å². The fourth-order valence-corrected chi connectivity index (χ4v) is 2.83. The summed E-state index contributed by atoms with van der Waals surface area (Å²) in [5.74, 6) is 0.951. The standard InChI is InChI=1S/C13H20BrN3O2/c1-9-11(15)8-16-13(12(9)14)17-4-2-10(3-5-17)19-7-6-18/h8,10,18H,2-7,15H2,1H3. The Balaban J connectivity index is 2.00. The molecule has 0 radical (unpaired) electrons. The number of nitrogens with zero attached hydrogens (tertiary/aromatic N) is 2. The molecule has 5 nitrogen and oxygen atoms in total. The van der Waals surface area contributed by atoms with E-state index < -0.39 is 0 Å². The predicted octanol–water partition coefficient (Wildman–Crippen LogP) is 1.71. The summed E-state index contributed by atoms with van der Waals surface area (Å²) in [6.07, 6.45) is 3.87. The molecular weight excluding hydrogens is 310 g/mol. The van der Waals surface area contributed by atoms with Crippen LogP contribution in [0.3, 0.4) is 0 Å². The number of piperidine rings is 1. The van der Waals surface area contributed by atoms with Gasteiger partial charge in [-0.15, -0.1) is 0 Å². The van der Waals surface area contributed by atoms with Crippen LogP contribution in [0.25, 0.3) is 0 Å². The van der Waals surface area contributed by atoms with Gasteiger partial charge in [-0.05, 0) is 41.3 Å². The lowest BCUT2D eigenvalue weighted by Crippen LogP contribution is -2.38. The Morgan fingerprint density at radius 2 is 2.21 bits per heavy atom. The summed E-state index contributed by atoms with van der Waals surface area (Å²) >= 11 is 3.58. The van der Waals surface area contributed by atoms with Gasteiger partial charge in [0.25, 0.3) is 0 Å². The molecule has 2 rings (SSSR count). The van der Waals surface area contributed by atoms with Gasteiger partial charge in [0.05, 0.1) is 35.7 Å². The number of nitrogen functional groups attached to an aromatic ring is 1. The molecule has 0 spiro atoms. The van der Waals surface area contributed by atoms with E-state index in [4.69, 9.17) is 15.6 Å². The number of pyridine rings is 1. The summed E-state index contributed by atoms with van der Waals surface area (Å²) in [7, 11) is 0. The van der Waals surface area contributed by atoms with Crippen LogP contribution < -0.4 is 10.6 Å². The molecule has 1 aromatic rings. The first-order valence-electron chi connectivity index (χ1n) is 6.51. The molecule has 6 heteroatoms. The van der Waals surface area contributed by atoms with E-state index in [1.54, 1.807) is 6.20 Å². The third-order valence-electron chi connectivity index (χ3n) is 3.47. The molecule has 0 aliphatic carbocycles. The highest BCUT2D eigenvalue weighted by atomic mass is 79.9. The maximum absolute atomic E-state index is 8.76. The van der Waals surface area contributed by atoms with Crippen LogP contribution in [0.5, 0.6) is 0 Å². The zero-order valence-corrected chi connectivity index (χ0v) is 12.7. The van der Waals surface area contributed by atoms with Crippen molar-refractivity contribution >= 4 is 27.4 Å². The van der Waals surface area contributed by atoms with Gasteiger partial charge in [0, 0.05) is 13.1 Å². The quantitative estimate of drug-likeness (QED) is 0.879. The lowest BCUT2D eigenvalue weighted by atomic mass is 10.1. The van der Waals surface area contributed by atoms with Crippen molar-refractivity contribution < 1.29 is 9.84 Å². The normalized spacial score (nSPS) is 16.9. The molecule has 0 bridgehead atoms. The van der Waals surface area contributed by atoms with E-state index in [0.717, 1.165) is 41.8 Å². The highest BCUT2D eigenvalue weighted by Gasteiger charge is 2.22. The topological polar surface area (TPSA) is 71.6 Å². The van der Waals surface area contributed by atoms with Crippen LogP contribution in [-0.2, 0) is 4.74 Å². The fraction of sp³-hybridized carbons (Fsp3) is 0.615. The predicted molar refractivity (Wildman–Crippen MR) is 79.4 cm³/mol. The van der Waals surface area contributed by atoms with Gasteiger partial charge in [-0.25, -0.2) is 4.98 Å². The Kier molecular flexibility index (Phi) is 5.01. The molecular formula is C13H20BrN3O2. The third kappa shape index (κ3) is 3.38. The number of rotatable bonds is 4. The highest BCUT2D eigenvalue weighted by molar-refractivity contribution is 9.10. The van der Waals surface area contributed by atoms with Gasteiger partial charge >= 0.3 is 0 Å². The van der Waals surface area contributed by atoms with Gasteiger partial charge in [-0.2, -0.15) is 0 Å². The first-order chi connectivity index (χ1) is 9.13. The van der Waals surface area contributed by atoms with Crippen molar-refractivity contribution in [2.45, 2.75) is 25.9 Å². The zero-order valence-electron chi connectivity index (χ0n) is 11.1. The Morgan fingerprint density at radius 1 is 1.53 bits per heavy atom. The minimum absolute atomic E-state index is 0.0878. The second kappa shape index (κ2) is 6.54. The number of ether oxygens (including phenoxy) is 1. The Morgan fingerprint density at radius 3 is 2.84 bits per heavy atom. The number of aliphatic hydroxyl groups is 1. The monoisotopic (exact) mass is 329 g/mol. The van der Waals surface area contributed by atoms with Crippen molar-refractivity contribution in [3.63, 3.8) is 0 Å². The van der Waals surface area contributed by atoms with E-state index in [9.17, 15) is 0 Å². The van der Waals surface area contributed by atoms with Crippen LogP contribution in [0.4, 0.5) is 11.5 Å². The first-order valence-corrected chi connectivity index (χ1v) is 7.30. The second-order valence-electron chi connectivity index (χ2n) is 4.76. The molecule has 0 amide bonds. The Labute approximate surface area is 121 Å². The van der Waals surface area contributed by atoms with Gasteiger partial charge in [0.2, 0.25) is 0 Å². The summed E-state index contributed by atoms with van der Waals surface area (Å²) in [6.45, 7) is 4.32. The molecule has 0 atom stereocenters. The average molecular weight is 330 g/mol. The van der Waals surface area contributed by atoms with Gasteiger partial charge in [0.1, 0.15) is 5.82 Å². The van der Waals surface area contributed by atoms with Crippen LogP contribution in [0.2, 0.25) is 0 Å². The minimum Gasteiger partial charge on any atom is -0.397 e. The van der Waals surface area contributed by atoms with Crippen LogP contribution in [0.1, 0.15) is 18.4 Å². The molecule has 1 fully saturated rings. The molecule has 1 aliphatic rings. The number of halogens is 1. The molecule has 106 valence electrons. The van der Waals surface area contributed by atoms with Crippen molar-refractivity contribution in [1.82, 2.24) is 4.98 Å². The summed E-state index contributed by atoms with van der Waals surface area (Å²) in [6, 6.07) is 0.